The Kier molecular flexibility index (Phi) is 10.3. The van der Waals surface area contributed by atoms with Crippen LogP contribution < -0.4 is 15.4 Å². The Bertz CT molecular complexity index is 937. The van der Waals surface area contributed by atoms with Gasteiger partial charge in [-0.2, -0.15) is 0 Å². The summed E-state index contributed by atoms with van der Waals surface area (Å²) in [6.07, 6.45) is 9.12. The molecule has 0 atom stereocenters. The minimum absolute atomic E-state index is 0.0673. The van der Waals surface area contributed by atoms with E-state index in [1.807, 2.05) is 4.90 Å². The smallest absolute Gasteiger partial charge is 0.257 e. The number of carbonyl (C=O) groups excluding carboxylic acids is 2. The molecule has 2 aromatic carbocycles. The van der Waals surface area contributed by atoms with Gasteiger partial charge >= 0.3 is 0 Å². The van der Waals surface area contributed by atoms with E-state index in [2.05, 4.69) is 17.6 Å². The lowest BCUT2D eigenvalue weighted by Gasteiger charge is -2.20. The first kappa shape index (κ1) is 25.7. The van der Waals surface area contributed by atoms with E-state index in [0.717, 1.165) is 38.1 Å². The molecule has 1 aliphatic rings. The topological polar surface area (TPSA) is 70.7 Å². The van der Waals surface area contributed by atoms with Crippen LogP contribution in [0.5, 0.6) is 5.75 Å². The second-order valence-electron chi connectivity index (χ2n) is 8.63. The molecule has 1 fully saturated rings. The molecular formula is C27H35N3O3S. The van der Waals surface area contributed by atoms with Crippen molar-refractivity contribution in [3.63, 3.8) is 0 Å². The van der Waals surface area contributed by atoms with Crippen LogP contribution in [0.15, 0.2) is 48.5 Å². The second-order valence-corrected chi connectivity index (χ2v) is 9.03. The van der Waals surface area contributed by atoms with Crippen molar-refractivity contribution in [2.24, 2.45) is 0 Å². The van der Waals surface area contributed by atoms with Gasteiger partial charge in [0.05, 0.1) is 6.61 Å². The summed E-state index contributed by atoms with van der Waals surface area (Å²) in [6, 6.07) is 14.2. The van der Waals surface area contributed by atoms with Gasteiger partial charge in [-0.1, -0.05) is 39.0 Å². The van der Waals surface area contributed by atoms with Gasteiger partial charge in [-0.25, -0.2) is 0 Å². The SMILES string of the molecule is CCCCCCOc1ccc(C(=O)NC(=S)Nc2ccc(C(=O)N3CCCCCC3)cc2)cc1. The molecule has 7 heteroatoms. The van der Waals surface area contributed by atoms with Crippen LogP contribution in [0.2, 0.25) is 0 Å². The van der Waals surface area contributed by atoms with Crippen LogP contribution in [0, 0.1) is 0 Å². The molecule has 1 heterocycles. The van der Waals surface area contributed by atoms with Crippen molar-refractivity contribution in [2.75, 3.05) is 25.0 Å². The molecule has 6 nitrogen and oxygen atoms in total. The van der Waals surface area contributed by atoms with E-state index in [9.17, 15) is 9.59 Å². The average Bonchev–Trinajstić information content (AvgIpc) is 3.14. The highest BCUT2D eigenvalue weighted by atomic mass is 32.1. The predicted octanol–water partition coefficient (Wildman–Crippen LogP) is 5.79. The summed E-state index contributed by atoms with van der Waals surface area (Å²) in [6.45, 7) is 4.51. The highest BCUT2D eigenvalue weighted by Gasteiger charge is 2.17. The van der Waals surface area contributed by atoms with Crippen LogP contribution in [0.25, 0.3) is 0 Å². The second kappa shape index (κ2) is 13.7. The molecule has 34 heavy (non-hydrogen) atoms. The molecule has 2 aromatic rings. The Hall–Kier alpha value is -2.93. The quantitative estimate of drug-likeness (QED) is 0.350. The summed E-state index contributed by atoms with van der Waals surface area (Å²) < 4.78 is 5.72. The van der Waals surface area contributed by atoms with E-state index in [-0.39, 0.29) is 16.9 Å². The van der Waals surface area contributed by atoms with Crippen LogP contribution in [0.4, 0.5) is 5.69 Å². The number of carbonyl (C=O) groups is 2. The van der Waals surface area contributed by atoms with Crippen molar-refractivity contribution >= 4 is 34.8 Å². The highest BCUT2D eigenvalue weighted by molar-refractivity contribution is 7.80. The summed E-state index contributed by atoms with van der Waals surface area (Å²) in [4.78, 5) is 27.2. The van der Waals surface area contributed by atoms with Gasteiger partial charge in [0.25, 0.3) is 11.8 Å². The third-order valence-electron chi connectivity index (χ3n) is 5.89. The molecule has 0 aromatic heterocycles. The zero-order chi connectivity index (χ0) is 24.2. The van der Waals surface area contributed by atoms with Crippen molar-refractivity contribution in [1.82, 2.24) is 10.2 Å². The van der Waals surface area contributed by atoms with E-state index in [4.69, 9.17) is 17.0 Å². The molecule has 2 amide bonds. The number of unbranched alkanes of at least 4 members (excludes halogenated alkanes) is 3. The van der Waals surface area contributed by atoms with Gasteiger partial charge in [0.1, 0.15) is 5.75 Å². The first-order chi connectivity index (χ1) is 16.6. The van der Waals surface area contributed by atoms with E-state index < -0.39 is 0 Å². The maximum atomic E-state index is 12.7. The zero-order valence-corrected chi connectivity index (χ0v) is 20.8. The normalized spacial score (nSPS) is 13.6. The number of hydrogen-bond donors (Lipinski definition) is 2. The van der Waals surface area contributed by atoms with E-state index in [1.165, 1.54) is 32.1 Å². The third-order valence-corrected chi connectivity index (χ3v) is 6.10. The lowest BCUT2D eigenvalue weighted by atomic mass is 10.1. The molecular weight excluding hydrogens is 446 g/mol. The van der Waals surface area contributed by atoms with Crippen LogP contribution in [-0.4, -0.2) is 41.5 Å². The van der Waals surface area contributed by atoms with Gasteiger partial charge in [-0.05, 0) is 80.0 Å². The van der Waals surface area contributed by atoms with Crippen LogP contribution in [-0.2, 0) is 0 Å². The van der Waals surface area contributed by atoms with Crippen molar-refractivity contribution in [2.45, 2.75) is 58.3 Å². The minimum atomic E-state index is -0.292. The van der Waals surface area contributed by atoms with Gasteiger partial charge in [0, 0.05) is 29.9 Å². The summed E-state index contributed by atoms with van der Waals surface area (Å²) >= 11 is 5.29. The number of hydrogen-bond acceptors (Lipinski definition) is 4. The van der Waals surface area contributed by atoms with Crippen LogP contribution in [0.3, 0.4) is 0 Å². The van der Waals surface area contributed by atoms with Crippen LogP contribution in [0.1, 0.15) is 79.0 Å². The number of rotatable bonds is 9. The molecule has 0 spiro atoms. The maximum absolute atomic E-state index is 12.7. The van der Waals surface area contributed by atoms with Crippen molar-refractivity contribution in [1.29, 1.82) is 0 Å². The molecule has 0 aliphatic carbocycles. The molecule has 1 saturated heterocycles. The van der Waals surface area contributed by atoms with E-state index >= 15 is 0 Å². The largest absolute Gasteiger partial charge is 0.494 e. The molecule has 182 valence electrons. The number of amides is 2. The van der Waals surface area contributed by atoms with Gasteiger partial charge in [0.15, 0.2) is 5.11 Å². The first-order valence-corrected chi connectivity index (χ1v) is 12.7. The van der Waals surface area contributed by atoms with Crippen molar-refractivity contribution in [3.05, 3.63) is 59.7 Å². The van der Waals surface area contributed by atoms with Crippen molar-refractivity contribution < 1.29 is 14.3 Å². The summed E-state index contributed by atoms with van der Waals surface area (Å²) in [7, 11) is 0. The molecule has 0 bridgehead atoms. The molecule has 0 radical (unpaired) electrons. The lowest BCUT2D eigenvalue weighted by molar-refractivity contribution is 0.0761. The maximum Gasteiger partial charge on any atom is 0.257 e. The van der Waals surface area contributed by atoms with Crippen LogP contribution >= 0.6 is 12.2 Å². The number of nitrogens with zero attached hydrogens (tertiary/aromatic N) is 1. The van der Waals surface area contributed by atoms with E-state index in [1.54, 1.807) is 48.5 Å². The Labute approximate surface area is 208 Å². The number of thiocarbonyl (C=S) groups is 1. The fourth-order valence-corrected chi connectivity index (χ4v) is 4.12. The Morgan fingerprint density at radius 3 is 2.18 bits per heavy atom. The minimum Gasteiger partial charge on any atom is -0.494 e. The third kappa shape index (κ3) is 8.13. The summed E-state index contributed by atoms with van der Waals surface area (Å²) in [5.41, 5.74) is 1.88. The Morgan fingerprint density at radius 2 is 1.53 bits per heavy atom. The molecule has 0 unspecified atom stereocenters. The molecule has 2 N–H and O–H groups in total. The molecule has 0 saturated carbocycles. The van der Waals surface area contributed by atoms with Gasteiger partial charge in [0.2, 0.25) is 0 Å². The summed E-state index contributed by atoms with van der Waals surface area (Å²) in [5, 5.41) is 5.90. The number of ether oxygens (including phenoxy) is 1. The standard InChI is InChI=1S/C27H35N3O3S/c1-2-3-4-9-20-33-24-16-12-21(13-17-24)25(31)29-27(34)28-23-14-10-22(11-15-23)26(32)30-18-7-5-6-8-19-30/h10-17H,2-9,18-20H2,1H3,(H2,28,29,31,34). The Balaban J connectivity index is 1.45. The van der Waals surface area contributed by atoms with Gasteiger partial charge in [-0.15, -0.1) is 0 Å². The zero-order valence-electron chi connectivity index (χ0n) is 20.0. The lowest BCUT2D eigenvalue weighted by Crippen LogP contribution is -2.34. The summed E-state index contributed by atoms with van der Waals surface area (Å²) in [5.74, 6) is 0.529. The van der Waals surface area contributed by atoms with Gasteiger partial charge < -0.3 is 15.0 Å². The fraction of sp³-hybridized carbons (Fsp3) is 0.444. The molecule has 3 rings (SSSR count). The number of anilines is 1. The number of benzene rings is 2. The number of likely N-dealkylation sites (tertiary alicyclic amines) is 1. The monoisotopic (exact) mass is 481 g/mol. The average molecular weight is 482 g/mol. The predicted molar refractivity (Wildman–Crippen MR) is 141 cm³/mol. The Morgan fingerprint density at radius 1 is 0.882 bits per heavy atom. The number of nitrogens with one attached hydrogen (secondary N) is 2. The van der Waals surface area contributed by atoms with E-state index in [0.29, 0.717) is 23.4 Å². The first-order valence-electron chi connectivity index (χ1n) is 12.3. The van der Waals surface area contributed by atoms with Gasteiger partial charge in [-0.3, -0.25) is 14.9 Å². The van der Waals surface area contributed by atoms with Crippen molar-refractivity contribution in [3.8, 4) is 5.75 Å². The highest BCUT2D eigenvalue weighted by Crippen LogP contribution is 2.16. The molecule has 1 aliphatic heterocycles. The fourth-order valence-electron chi connectivity index (χ4n) is 3.91.